The molecular weight excluding hydrogens is 482 g/mol. The first kappa shape index (κ1) is 31.0. The first-order valence-electron chi connectivity index (χ1n) is 12.9. The summed E-state index contributed by atoms with van der Waals surface area (Å²) in [6, 6.07) is 0. The van der Waals surface area contributed by atoms with Gasteiger partial charge in [0, 0.05) is 26.1 Å². The van der Waals surface area contributed by atoms with Crippen molar-refractivity contribution in [2.45, 2.75) is 90.3 Å². The molecule has 3 N–H and O–H groups in total. The number of alkyl carbamates (subject to hydrolysis) is 2. The van der Waals surface area contributed by atoms with Gasteiger partial charge in [0.2, 0.25) is 5.91 Å². The number of unbranched alkanes of at least 4 members (excludes halogenated alkanes) is 1. The molecule has 1 spiro atoms. The van der Waals surface area contributed by atoms with Gasteiger partial charge in [0.25, 0.3) is 0 Å². The second kappa shape index (κ2) is 14.7. The van der Waals surface area contributed by atoms with E-state index in [1.165, 1.54) is 5.57 Å². The second-order valence-corrected chi connectivity index (χ2v) is 9.86. The molecule has 3 fully saturated rings. The van der Waals surface area contributed by atoms with Gasteiger partial charge in [0.1, 0.15) is 12.2 Å². The Morgan fingerprint density at radius 1 is 1.16 bits per heavy atom. The number of amides is 3. The van der Waals surface area contributed by atoms with E-state index >= 15 is 0 Å². The Morgan fingerprint density at radius 3 is 2.57 bits per heavy atom. The number of allylic oxidation sites excluding steroid dienone is 1. The SMILES string of the molecule is C.CCCCOC(=O)NCCNCC(=O)NC(=O)OC1CCC2(CO2)C(C2OC2CC=C(C)C)C1OC. The number of rotatable bonds is 13. The van der Waals surface area contributed by atoms with Crippen molar-refractivity contribution < 1.29 is 38.1 Å². The summed E-state index contributed by atoms with van der Waals surface area (Å²) < 4.78 is 28.2. The zero-order valence-electron chi connectivity index (χ0n) is 21.8. The molecule has 3 amide bonds. The van der Waals surface area contributed by atoms with Crippen LogP contribution in [0.3, 0.4) is 0 Å². The molecule has 0 radical (unpaired) electrons. The average Bonchev–Trinajstić information content (AvgIpc) is 3.76. The van der Waals surface area contributed by atoms with Gasteiger partial charge in [-0.1, -0.05) is 32.4 Å². The standard InChI is InChI=1S/C25H41N3O8.CH4/c1-5-6-13-33-23(30)27-12-11-26-14-19(29)28-24(31)36-18-9-10-25(15-34-25)20(21(18)32-4)22-17(35-22)8-7-16(2)3;/h7,17-18,20-22,26H,5-6,8-15H2,1-4H3,(H,27,30)(H,28,29,31);1H4. The van der Waals surface area contributed by atoms with Crippen molar-refractivity contribution in [3.05, 3.63) is 11.6 Å². The van der Waals surface area contributed by atoms with Crippen molar-refractivity contribution in [3.8, 4) is 0 Å². The van der Waals surface area contributed by atoms with E-state index in [2.05, 4.69) is 35.9 Å². The first-order valence-corrected chi connectivity index (χ1v) is 12.9. The van der Waals surface area contributed by atoms with Crippen LogP contribution in [0.25, 0.3) is 0 Å². The number of ether oxygens (including phenoxy) is 5. The maximum absolute atomic E-state index is 12.4. The Labute approximate surface area is 220 Å². The molecule has 0 bridgehead atoms. The van der Waals surface area contributed by atoms with Gasteiger partial charge in [-0.05, 0) is 39.5 Å². The number of imide groups is 1. The van der Waals surface area contributed by atoms with E-state index in [1.54, 1.807) is 7.11 Å². The van der Waals surface area contributed by atoms with Crippen molar-refractivity contribution in [2.75, 3.05) is 40.0 Å². The van der Waals surface area contributed by atoms with Gasteiger partial charge in [-0.3, -0.25) is 10.1 Å². The van der Waals surface area contributed by atoms with Crippen LogP contribution in [0.15, 0.2) is 11.6 Å². The van der Waals surface area contributed by atoms with E-state index in [4.69, 9.17) is 23.7 Å². The average molecular weight is 528 g/mol. The molecule has 2 aliphatic heterocycles. The van der Waals surface area contributed by atoms with Crippen molar-refractivity contribution in [3.63, 3.8) is 0 Å². The van der Waals surface area contributed by atoms with Crippen LogP contribution in [0.2, 0.25) is 0 Å². The summed E-state index contributed by atoms with van der Waals surface area (Å²) in [5, 5.41) is 7.68. The number of nitrogens with one attached hydrogen (secondary N) is 3. The van der Waals surface area contributed by atoms with Crippen molar-refractivity contribution in [1.29, 1.82) is 0 Å². The van der Waals surface area contributed by atoms with Gasteiger partial charge in [-0.15, -0.1) is 0 Å². The molecule has 37 heavy (non-hydrogen) atoms. The zero-order chi connectivity index (χ0) is 26.1. The molecule has 0 aromatic heterocycles. The topological polar surface area (TPSA) is 140 Å². The van der Waals surface area contributed by atoms with Gasteiger partial charge >= 0.3 is 12.2 Å². The lowest BCUT2D eigenvalue weighted by molar-refractivity contribution is -0.122. The van der Waals surface area contributed by atoms with Crippen LogP contribution in [0, 0.1) is 5.92 Å². The molecule has 212 valence electrons. The predicted octanol–water partition coefficient (Wildman–Crippen LogP) is 2.68. The second-order valence-electron chi connectivity index (χ2n) is 9.86. The van der Waals surface area contributed by atoms with E-state index in [9.17, 15) is 14.4 Å². The van der Waals surface area contributed by atoms with Crippen LogP contribution in [0.4, 0.5) is 9.59 Å². The minimum absolute atomic E-state index is 0. The quantitative estimate of drug-likeness (QED) is 0.187. The smallest absolute Gasteiger partial charge is 0.414 e. The molecule has 3 aliphatic rings. The van der Waals surface area contributed by atoms with E-state index in [0.29, 0.717) is 32.7 Å². The Hall–Kier alpha value is -2.21. The molecule has 3 rings (SSSR count). The molecule has 1 saturated carbocycles. The fourth-order valence-corrected chi connectivity index (χ4v) is 4.74. The normalized spacial score (nSPS) is 29.5. The van der Waals surface area contributed by atoms with Crippen molar-refractivity contribution in [1.82, 2.24) is 16.0 Å². The third kappa shape index (κ3) is 9.24. The highest BCUT2D eigenvalue weighted by Gasteiger charge is 2.66. The first-order chi connectivity index (χ1) is 17.3. The third-order valence-electron chi connectivity index (χ3n) is 6.79. The summed E-state index contributed by atoms with van der Waals surface area (Å²) in [4.78, 5) is 36.0. The van der Waals surface area contributed by atoms with Crippen molar-refractivity contribution >= 4 is 18.1 Å². The molecule has 0 aromatic rings. The molecule has 2 heterocycles. The molecule has 11 nitrogen and oxygen atoms in total. The number of epoxide rings is 2. The summed E-state index contributed by atoms with van der Waals surface area (Å²) in [5.41, 5.74) is 0.962. The lowest BCUT2D eigenvalue weighted by Crippen LogP contribution is -2.53. The number of hydrogen-bond acceptors (Lipinski definition) is 9. The van der Waals surface area contributed by atoms with Gasteiger partial charge in [-0.25, -0.2) is 9.59 Å². The van der Waals surface area contributed by atoms with E-state index in [1.807, 2.05) is 6.92 Å². The minimum Gasteiger partial charge on any atom is -0.450 e. The Bertz CT molecular complexity index is 797. The highest BCUT2D eigenvalue weighted by atomic mass is 16.6. The van der Waals surface area contributed by atoms with Crippen LogP contribution in [0.1, 0.15) is 60.3 Å². The molecule has 0 aromatic carbocycles. The molecule has 1 aliphatic carbocycles. The highest BCUT2D eigenvalue weighted by molar-refractivity contribution is 5.92. The third-order valence-corrected chi connectivity index (χ3v) is 6.79. The molecule has 2 saturated heterocycles. The van der Waals surface area contributed by atoms with Crippen LogP contribution in [-0.2, 0) is 28.5 Å². The summed E-state index contributed by atoms with van der Waals surface area (Å²) in [6.45, 7) is 7.71. The lowest BCUT2D eigenvalue weighted by Gasteiger charge is -2.39. The zero-order valence-corrected chi connectivity index (χ0v) is 21.8. The summed E-state index contributed by atoms with van der Waals surface area (Å²) in [5.74, 6) is -0.565. The molecule has 6 unspecified atom stereocenters. The van der Waals surface area contributed by atoms with Crippen LogP contribution >= 0.6 is 0 Å². The Kier molecular flexibility index (Phi) is 12.3. The van der Waals surface area contributed by atoms with Crippen molar-refractivity contribution in [2.24, 2.45) is 5.92 Å². The molecule has 11 heteroatoms. The fourth-order valence-electron chi connectivity index (χ4n) is 4.74. The van der Waals surface area contributed by atoms with Crippen LogP contribution < -0.4 is 16.0 Å². The highest BCUT2D eigenvalue weighted by Crippen LogP contribution is 2.54. The van der Waals surface area contributed by atoms with E-state index < -0.39 is 24.2 Å². The summed E-state index contributed by atoms with van der Waals surface area (Å²) >= 11 is 0. The largest absolute Gasteiger partial charge is 0.450 e. The van der Waals surface area contributed by atoms with Crippen LogP contribution in [0.5, 0.6) is 0 Å². The Balaban J connectivity index is 0.00000481. The summed E-state index contributed by atoms with van der Waals surface area (Å²) in [6.07, 6.45) is 3.99. The fraction of sp³-hybridized carbons (Fsp3) is 0.808. The van der Waals surface area contributed by atoms with E-state index in [0.717, 1.165) is 25.7 Å². The number of hydrogen-bond donors (Lipinski definition) is 3. The van der Waals surface area contributed by atoms with E-state index in [-0.39, 0.29) is 43.8 Å². The monoisotopic (exact) mass is 527 g/mol. The Morgan fingerprint density at radius 2 is 1.92 bits per heavy atom. The minimum atomic E-state index is -0.810. The van der Waals surface area contributed by atoms with Gasteiger partial charge in [0.15, 0.2) is 0 Å². The van der Waals surface area contributed by atoms with Gasteiger partial charge in [-0.2, -0.15) is 0 Å². The number of carbonyl (C=O) groups excluding carboxylic acids is 3. The number of methoxy groups -OCH3 is 1. The maximum atomic E-state index is 12.4. The lowest BCUT2D eigenvalue weighted by atomic mass is 9.73. The van der Waals surface area contributed by atoms with Gasteiger partial charge < -0.3 is 34.3 Å². The molecule has 6 atom stereocenters. The van der Waals surface area contributed by atoms with Gasteiger partial charge in [0.05, 0.1) is 37.6 Å². The van der Waals surface area contributed by atoms with Crippen LogP contribution in [-0.4, -0.2) is 88.1 Å². The predicted molar refractivity (Wildman–Crippen MR) is 137 cm³/mol. The number of carbonyl (C=O) groups is 3. The maximum Gasteiger partial charge on any atom is 0.414 e. The summed E-state index contributed by atoms with van der Waals surface area (Å²) in [7, 11) is 1.60. The molecular formula is C26H45N3O8.